The van der Waals surface area contributed by atoms with E-state index in [4.69, 9.17) is 4.74 Å². The van der Waals surface area contributed by atoms with Crippen molar-refractivity contribution in [3.63, 3.8) is 0 Å². The maximum atomic E-state index is 13.2. The van der Waals surface area contributed by atoms with Gasteiger partial charge in [-0.1, -0.05) is 42.5 Å². The molecule has 1 saturated heterocycles. The minimum atomic E-state index is -4.07. The van der Waals surface area contributed by atoms with E-state index in [1.807, 2.05) is 30.3 Å². The maximum Gasteiger partial charge on any atom is 0.410 e. The van der Waals surface area contributed by atoms with E-state index in [-0.39, 0.29) is 24.5 Å². The van der Waals surface area contributed by atoms with E-state index in [0.717, 1.165) is 15.4 Å². The lowest BCUT2D eigenvalue weighted by Crippen LogP contribution is -2.59. The van der Waals surface area contributed by atoms with Crippen LogP contribution in [0.1, 0.15) is 20.8 Å². The molecule has 0 bridgehead atoms. The first-order chi connectivity index (χ1) is 14.5. The fraction of sp³-hybridized carbons (Fsp3) is 0.364. The number of hydrogen-bond acceptors (Lipinski definition) is 5. The number of rotatable bonds is 4. The number of hydrogen-bond donors (Lipinski definition) is 1. The number of carboxylic acids is 1. The Kier molecular flexibility index (Phi) is 6.38. The molecule has 1 heterocycles. The second kappa shape index (κ2) is 8.68. The van der Waals surface area contributed by atoms with Gasteiger partial charge >= 0.3 is 12.1 Å². The minimum Gasteiger partial charge on any atom is -0.480 e. The quantitative estimate of drug-likeness (QED) is 0.774. The molecule has 1 amide bonds. The summed E-state index contributed by atoms with van der Waals surface area (Å²) in [5.74, 6) is -1.32. The minimum absolute atomic E-state index is 0.00384. The van der Waals surface area contributed by atoms with Crippen LogP contribution in [0, 0.1) is 0 Å². The molecule has 0 aliphatic carbocycles. The first kappa shape index (κ1) is 22.8. The second-order valence-electron chi connectivity index (χ2n) is 8.29. The van der Waals surface area contributed by atoms with E-state index in [2.05, 4.69) is 0 Å². The van der Waals surface area contributed by atoms with Gasteiger partial charge in [0.25, 0.3) is 0 Å². The van der Waals surface area contributed by atoms with Crippen molar-refractivity contribution in [2.45, 2.75) is 37.3 Å². The molecule has 9 heteroatoms. The van der Waals surface area contributed by atoms with E-state index < -0.39 is 33.7 Å². The van der Waals surface area contributed by atoms with Gasteiger partial charge in [0.2, 0.25) is 10.0 Å². The Labute approximate surface area is 182 Å². The zero-order valence-corrected chi connectivity index (χ0v) is 18.5. The van der Waals surface area contributed by atoms with Crippen molar-refractivity contribution in [3.05, 3.63) is 54.6 Å². The van der Waals surface area contributed by atoms with Crippen LogP contribution in [0.2, 0.25) is 0 Å². The van der Waals surface area contributed by atoms with Gasteiger partial charge in [0.05, 0.1) is 11.4 Å². The molecule has 0 radical (unpaired) electrons. The zero-order valence-electron chi connectivity index (χ0n) is 17.7. The summed E-state index contributed by atoms with van der Waals surface area (Å²) in [6.07, 6.45) is -0.664. The Morgan fingerprint density at radius 3 is 2.10 bits per heavy atom. The van der Waals surface area contributed by atoms with E-state index in [9.17, 15) is 23.1 Å². The standard InChI is InChI=1S/C22H26N2O6S/c1-22(2,3)30-21(27)23-13-14-24(19(15-23)20(25)26)31(28,29)18-11-9-17(10-12-18)16-7-5-4-6-8-16/h4-12,19H,13-15H2,1-3H3,(H,25,26). The summed E-state index contributed by atoms with van der Waals surface area (Å²) in [4.78, 5) is 25.4. The highest BCUT2D eigenvalue weighted by Crippen LogP contribution is 2.26. The Hall–Kier alpha value is -2.91. The summed E-state index contributed by atoms with van der Waals surface area (Å²) in [5, 5.41) is 9.66. The molecule has 2 aromatic carbocycles. The van der Waals surface area contributed by atoms with E-state index in [1.165, 1.54) is 17.0 Å². The van der Waals surface area contributed by atoms with Gasteiger partial charge in [-0.3, -0.25) is 4.79 Å². The molecular formula is C22H26N2O6S. The summed E-state index contributed by atoms with van der Waals surface area (Å²) in [7, 11) is -4.07. The van der Waals surface area contributed by atoms with Gasteiger partial charge in [0.15, 0.2) is 0 Å². The highest BCUT2D eigenvalue weighted by atomic mass is 32.2. The van der Waals surface area contributed by atoms with Crippen LogP contribution in [-0.4, -0.2) is 66.1 Å². The fourth-order valence-electron chi connectivity index (χ4n) is 3.33. The number of nitrogens with zero attached hydrogens (tertiary/aromatic N) is 2. The van der Waals surface area contributed by atoms with Gasteiger partial charge in [-0.2, -0.15) is 4.31 Å². The Bertz CT molecular complexity index is 1050. The monoisotopic (exact) mass is 446 g/mol. The first-order valence-electron chi connectivity index (χ1n) is 9.87. The van der Waals surface area contributed by atoms with Crippen LogP contribution in [0.15, 0.2) is 59.5 Å². The topological polar surface area (TPSA) is 104 Å². The van der Waals surface area contributed by atoms with E-state index >= 15 is 0 Å². The number of amides is 1. The average Bonchev–Trinajstić information content (AvgIpc) is 2.72. The summed E-state index contributed by atoms with van der Waals surface area (Å²) in [6.45, 7) is 4.74. The molecule has 1 atom stereocenters. The van der Waals surface area contributed by atoms with Crippen molar-refractivity contribution < 1.29 is 27.9 Å². The molecule has 166 valence electrons. The molecule has 1 unspecified atom stereocenters. The Morgan fingerprint density at radius 2 is 1.55 bits per heavy atom. The average molecular weight is 447 g/mol. The molecular weight excluding hydrogens is 420 g/mol. The smallest absolute Gasteiger partial charge is 0.410 e. The van der Waals surface area contributed by atoms with Gasteiger partial charge < -0.3 is 14.7 Å². The number of piperazine rings is 1. The number of carboxylic acid groups (broad SMARTS) is 1. The Morgan fingerprint density at radius 1 is 0.968 bits per heavy atom. The van der Waals surface area contributed by atoms with Crippen LogP contribution >= 0.6 is 0 Å². The summed E-state index contributed by atoms with van der Waals surface area (Å²) < 4.78 is 32.6. The van der Waals surface area contributed by atoms with Gasteiger partial charge in [-0.25, -0.2) is 13.2 Å². The number of sulfonamides is 1. The predicted octanol–water partition coefficient (Wildman–Crippen LogP) is 3.05. The van der Waals surface area contributed by atoms with Crippen molar-refractivity contribution in [2.75, 3.05) is 19.6 Å². The van der Waals surface area contributed by atoms with Crippen LogP contribution in [0.4, 0.5) is 4.79 Å². The molecule has 0 aromatic heterocycles. The van der Waals surface area contributed by atoms with E-state index in [1.54, 1.807) is 32.9 Å². The maximum absolute atomic E-state index is 13.2. The normalized spacial score (nSPS) is 17.9. The molecule has 2 aromatic rings. The number of benzene rings is 2. The molecule has 1 fully saturated rings. The third-order valence-electron chi connectivity index (χ3n) is 4.84. The van der Waals surface area contributed by atoms with E-state index in [0.29, 0.717) is 0 Å². The third kappa shape index (κ3) is 5.23. The third-order valence-corrected chi connectivity index (χ3v) is 6.76. The Balaban J connectivity index is 1.82. The van der Waals surface area contributed by atoms with Crippen LogP contribution in [0.3, 0.4) is 0 Å². The molecule has 0 saturated carbocycles. The number of carbonyl (C=O) groups is 2. The number of ether oxygens (including phenoxy) is 1. The molecule has 1 N–H and O–H groups in total. The molecule has 3 rings (SSSR count). The van der Waals surface area contributed by atoms with Crippen molar-refractivity contribution in [1.29, 1.82) is 0 Å². The van der Waals surface area contributed by atoms with Crippen LogP contribution in [0.25, 0.3) is 11.1 Å². The lowest BCUT2D eigenvalue weighted by Gasteiger charge is -2.38. The van der Waals surface area contributed by atoms with Crippen molar-refractivity contribution >= 4 is 22.1 Å². The van der Waals surface area contributed by atoms with Crippen molar-refractivity contribution in [2.24, 2.45) is 0 Å². The summed E-state index contributed by atoms with van der Waals surface area (Å²) in [6, 6.07) is 14.4. The van der Waals surface area contributed by atoms with Gasteiger partial charge in [0, 0.05) is 13.1 Å². The fourth-order valence-corrected chi connectivity index (χ4v) is 4.90. The lowest BCUT2D eigenvalue weighted by atomic mass is 10.1. The highest BCUT2D eigenvalue weighted by Gasteiger charge is 2.42. The van der Waals surface area contributed by atoms with Gasteiger partial charge in [-0.05, 0) is 44.0 Å². The van der Waals surface area contributed by atoms with Gasteiger partial charge in [-0.15, -0.1) is 0 Å². The summed E-state index contributed by atoms with van der Waals surface area (Å²) >= 11 is 0. The molecule has 31 heavy (non-hydrogen) atoms. The van der Waals surface area contributed by atoms with Crippen molar-refractivity contribution in [1.82, 2.24) is 9.21 Å². The largest absolute Gasteiger partial charge is 0.480 e. The van der Waals surface area contributed by atoms with Crippen LogP contribution in [0.5, 0.6) is 0 Å². The second-order valence-corrected chi connectivity index (χ2v) is 10.2. The SMILES string of the molecule is CC(C)(C)OC(=O)N1CCN(S(=O)(=O)c2ccc(-c3ccccc3)cc2)C(C(=O)O)C1. The molecule has 1 aliphatic heterocycles. The van der Waals surface area contributed by atoms with Gasteiger partial charge in [0.1, 0.15) is 11.6 Å². The van der Waals surface area contributed by atoms with Crippen LogP contribution in [-0.2, 0) is 19.6 Å². The van der Waals surface area contributed by atoms with Crippen molar-refractivity contribution in [3.8, 4) is 11.1 Å². The lowest BCUT2D eigenvalue weighted by molar-refractivity contribution is -0.143. The molecule has 8 nitrogen and oxygen atoms in total. The number of carbonyl (C=O) groups excluding carboxylic acids is 1. The van der Waals surface area contributed by atoms with Crippen LogP contribution < -0.4 is 0 Å². The predicted molar refractivity (Wildman–Crippen MR) is 115 cm³/mol. The highest BCUT2D eigenvalue weighted by molar-refractivity contribution is 7.89. The number of aliphatic carboxylic acids is 1. The molecule has 0 spiro atoms. The zero-order chi connectivity index (χ0) is 22.8. The summed E-state index contributed by atoms with van der Waals surface area (Å²) in [5.41, 5.74) is 1.06. The first-order valence-corrected chi connectivity index (χ1v) is 11.3. The molecule has 1 aliphatic rings.